The summed E-state index contributed by atoms with van der Waals surface area (Å²) in [4.78, 5) is 0. The molecule has 92 valence electrons. The van der Waals surface area contributed by atoms with Crippen LogP contribution in [-0.4, -0.2) is 11.7 Å². The third kappa shape index (κ3) is 1.97. The molecule has 1 atom stereocenters. The van der Waals surface area contributed by atoms with Crippen LogP contribution in [0.2, 0.25) is 5.02 Å². The average molecular weight is 262 g/mol. The molecule has 0 saturated heterocycles. The van der Waals surface area contributed by atoms with E-state index in [1.807, 2.05) is 30.3 Å². The Morgan fingerprint density at radius 1 is 1.22 bits per heavy atom. The molecule has 0 radical (unpaired) electrons. The van der Waals surface area contributed by atoms with E-state index in [-0.39, 0.29) is 11.8 Å². The molecule has 2 N–H and O–H groups in total. The van der Waals surface area contributed by atoms with Gasteiger partial charge in [-0.25, -0.2) is 0 Å². The molecule has 0 bridgehead atoms. The number of phenolic OH excluding ortho intramolecular Hbond substituents is 1. The van der Waals surface area contributed by atoms with Gasteiger partial charge in [0.05, 0.1) is 16.8 Å². The van der Waals surface area contributed by atoms with Crippen LogP contribution in [0.1, 0.15) is 11.6 Å². The van der Waals surface area contributed by atoms with Gasteiger partial charge in [0.15, 0.2) is 0 Å². The van der Waals surface area contributed by atoms with Crippen molar-refractivity contribution in [2.24, 2.45) is 0 Å². The maximum Gasteiger partial charge on any atom is 0.128 e. The number of nitrogens with one attached hydrogen (secondary N) is 1. The highest BCUT2D eigenvalue weighted by atomic mass is 35.5. The Labute approximate surface area is 110 Å². The van der Waals surface area contributed by atoms with Gasteiger partial charge in [0.2, 0.25) is 0 Å². The molecule has 0 saturated carbocycles. The van der Waals surface area contributed by atoms with Crippen molar-refractivity contribution in [3.63, 3.8) is 0 Å². The lowest BCUT2D eigenvalue weighted by Crippen LogP contribution is -2.12. The number of fused-ring (bicyclic) bond motifs is 1. The van der Waals surface area contributed by atoms with Gasteiger partial charge in [-0.15, -0.1) is 0 Å². The summed E-state index contributed by atoms with van der Waals surface area (Å²) in [6.45, 7) is 0.532. The maximum atomic E-state index is 9.39. The fourth-order valence-corrected chi connectivity index (χ4v) is 2.27. The molecule has 1 aliphatic rings. The zero-order valence-corrected chi connectivity index (χ0v) is 10.3. The molecule has 4 heteroatoms. The minimum absolute atomic E-state index is 0.0560. The molecular formula is C14H12ClNO2. The van der Waals surface area contributed by atoms with Crippen molar-refractivity contribution >= 4 is 17.3 Å². The van der Waals surface area contributed by atoms with Crippen LogP contribution < -0.4 is 10.1 Å². The number of ether oxygens (including phenoxy) is 1. The zero-order chi connectivity index (χ0) is 12.5. The van der Waals surface area contributed by atoms with Crippen molar-refractivity contribution in [2.75, 3.05) is 11.9 Å². The lowest BCUT2D eigenvalue weighted by molar-refractivity contribution is 0.338. The lowest BCUT2D eigenvalue weighted by Gasteiger charge is -2.14. The number of para-hydroxylation sites is 1. The first-order valence-corrected chi connectivity index (χ1v) is 6.08. The van der Waals surface area contributed by atoms with E-state index in [9.17, 15) is 5.11 Å². The monoisotopic (exact) mass is 261 g/mol. The highest BCUT2D eigenvalue weighted by Crippen LogP contribution is 2.37. The molecule has 0 fully saturated rings. The quantitative estimate of drug-likeness (QED) is 0.868. The van der Waals surface area contributed by atoms with Crippen LogP contribution in [-0.2, 0) is 0 Å². The maximum absolute atomic E-state index is 9.39. The van der Waals surface area contributed by atoms with Crippen molar-refractivity contribution in [1.29, 1.82) is 0 Å². The van der Waals surface area contributed by atoms with Crippen molar-refractivity contribution in [3.05, 3.63) is 53.1 Å². The van der Waals surface area contributed by atoms with Crippen LogP contribution in [0.5, 0.6) is 11.5 Å². The summed E-state index contributed by atoms with van der Waals surface area (Å²) in [5.74, 6) is 0.937. The van der Waals surface area contributed by atoms with Gasteiger partial charge >= 0.3 is 0 Å². The van der Waals surface area contributed by atoms with E-state index in [1.54, 1.807) is 12.1 Å². The zero-order valence-electron chi connectivity index (χ0n) is 9.56. The second-order valence-corrected chi connectivity index (χ2v) is 4.62. The summed E-state index contributed by atoms with van der Waals surface area (Å²) in [5, 5.41) is 13.4. The van der Waals surface area contributed by atoms with Crippen LogP contribution in [0, 0.1) is 0 Å². The van der Waals surface area contributed by atoms with Gasteiger partial charge in [-0.3, -0.25) is 0 Å². The van der Waals surface area contributed by atoms with Crippen LogP contribution in [0.4, 0.5) is 5.69 Å². The summed E-state index contributed by atoms with van der Waals surface area (Å²) in [7, 11) is 0. The van der Waals surface area contributed by atoms with Crippen molar-refractivity contribution in [3.8, 4) is 11.5 Å². The molecule has 0 aromatic heterocycles. The lowest BCUT2D eigenvalue weighted by atomic mass is 10.1. The van der Waals surface area contributed by atoms with Crippen LogP contribution in [0.15, 0.2) is 42.5 Å². The van der Waals surface area contributed by atoms with Crippen LogP contribution in [0.25, 0.3) is 0 Å². The van der Waals surface area contributed by atoms with E-state index in [0.29, 0.717) is 11.6 Å². The van der Waals surface area contributed by atoms with E-state index < -0.39 is 0 Å². The van der Waals surface area contributed by atoms with Crippen LogP contribution in [0.3, 0.4) is 0 Å². The third-order valence-electron chi connectivity index (χ3n) is 2.98. The number of halogens is 1. The third-order valence-corrected chi connectivity index (χ3v) is 3.31. The second-order valence-electron chi connectivity index (χ2n) is 4.21. The summed E-state index contributed by atoms with van der Waals surface area (Å²) >= 11 is 6.11. The van der Waals surface area contributed by atoms with Gasteiger partial charge in [0, 0.05) is 11.6 Å². The molecule has 1 aliphatic heterocycles. The Balaban J connectivity index is 1.87. The molecular weight excluding hydrogens is 250 g/mol. The van der Waals surface area contributed by atoms with Gasteiger partial charge < -0.3 is 15.2 Å². The fraction of sp³-hybridized carbons (Fsp3) is 0.143. The Kier molecular flexibility index (Phi) is 2.76. The van der Waals surface area contributed by atoms with E-state index >= 15 is 0 Å². The number of aromatic hydroxyl groups is 1. The highest BCUT2D eigenvalue weighted by molar-refractivity contribution is 6.33. The Bertz CT molecular complexity index is 586. The molecule has 2 aromatic rings. The molecule has 0 spiro atoms. The number of rotatable bonds is 2. The van der Waals surface area contributed by atoms with Crippen molar-refractivity contribution in [2.45, 2.75) is 6.04 Å². The van der Waals surface area contributed by atoms with Crippen LogP contribution >= 0.6 is 11.6 Å². The summed E-state index contributed by atoms with van der Waals surface area (Å²) in [6.07, 6.45) is 0. The van der Waals surface area contributed by atoms with Gasteiger partial charge in [0.25, 0.3) is 0 Å². The molecule has 1 heterocycles. The number of phenols is 1. The first kappa shape index (κ1) is 11.2. The van der Waals surface area contributed by atoms with Gasteiger partial charge in [-0.05, 0) is 24.3 Å². The topological polar surface area (TPSA) is 41.5 Å². The molecule has 2 aromatic carbocycles. The van der Waals surface area contributed by atoms with E-state index in [0.717, 1.165) is 17.0 Å². The predicted molar refractivity (Wildman–Crippen MR) is 71.4 cm³/mol. The summed E-state index contributed by atoms with van der Waals surface area (Å²) in [6, 6.07) is 12.8. The Morgan fingerprint density at radius 3 is 2.89 bits per heavy atom. The van der Waals surface area contributed by atoms with E-state index in [4.69, 9.17) is 16.3 Å². The fourth-order valence-electron chi connectivity index (χ4n) is 2.08. The average Bonchev–Trinajstić information content (AvgIpc) is 2.74. The Hall–Kier alpha value is -1.87. The number of hydrogen-bond donors (Lipinski definition) is 2. The summed E-state index contributed by atoms with van der Waals surface area (Å²) < 4.78 is 5.54. The second kappa shape index (κ2) is 4.42. The summed E-state index contributed by atoms with van der Waals surface area (Å²) in [5.41, 5.74) is 1.92. The molecule has 3 nitrogen and oxygen atoms in total. The van der Waals surface area contributed by atoms with Gasteiger partial charge in [0.1, 0.15) is 18.1 Å². The minimum Gasteiger partial charge on any atom is -0.508 e. The Morgan fingerprint density at radius 2 is 2.06 bits per heavy atom. The van der Waals surface area contributed by atoms with E-state index in [1.165, 1.54) is 0 Å². The van der Waals surface area contributed by atoms with Gasteiger partial charge in [-0.2, -0.15) is 0 Å². The smallest absolute Gasteiger partial charge is 0.128 e. The number of hydrogen-bond acceptors (Lipinski definition) is 3. The highest BCUT2D eigenvalue weighted by Gasteiger charge is 2.24. The van der Waals surface area contributed by atoms with Gasteiger partial charge in [-0.1, -0.05) is 23.7 Å². The molecule has 1 unspecified atom stereocenters. The number of benzene rings is 2. The largest absolute Gasteiger partial charge is 0.508 e. The SMILES string of the molecule is Oc1ccc2c(c1)OCC2Nc1ccccc1Cl. The van der Waals surface area contributed by atoms with Crippen molar-refractivity contribution < 1.29 is 9.84 Å². The molecule has 18 heavy (non-hydrogen) atoms. The first-order chi connectivity index (χ1) is 8.74. The standard InChI is InChI=1S/C14H12ClNO2/c15-11-3-1-2-4-12(11)16-13-8-18-14-7-9(17)5-6-10(13)14/h1-7,13,16-17H,8H2. The minimum atomic E-state index is 0.0560. The number of anilines is 1. The van der Waals surface area contributed by atoms with Crippen molar-refractivity contribution in [1.82, 2.24) is 0 Å². The molecule has 3 rings (SSSR count). The van der Waals surface area contributed by atoms with E-state index in [2.05, 4.69) is 5.32 Å². The molecule has 0 aliphatic carbocycles. The normalized spacial score (nSPS) is 17.1. The molecule has 0 amide bonds. The predicted octanol–water partition coefficient (Wildman–Crippen LogP) is 3.59. The first-order valence-electron chi connectivity index (χ1n) is 5.71.